The average Bonchev–Trinajstić information content (AvgIpc) is 2.61. The molecule has 6 nitrogen and oxygen atoms in total. The van der Waals surface area contributed by atoms with Gasteiger partial charge >= 0.3 is 0 Å². The highest BCUT2D eigenvalue weighted by atomic mass is 32.2. The second-order valence-corrected chi connectivity index (χ2v) is 9.28. The Morgan fingerprint density at radius 2 is 1.76 bits per heavy atom. The fourth-order valence-electron chi connectivity index (χ4n) is 3.79. The van der Waals surface area contributed by atoms with Gasteiger partial charge in [-0.25, -0.2) is 8.42 Å². The van der Waals surface area contributed by atoms with E-state index in [0.717, 1.165) is 19.5 Å². The van der Waals surface area contributed by atoms with Crippen molar-refractivity contribution in [3.8, 4) is 0 Å². The number of hydrogen-bond donors (Lipinski definition) is 1. The topological polar surface area (TPSA) is 69.7 Å². The SMILES string of the molecule is CC1CC(C)CN(S(=O)(=O)c2cccc(C(=O)N3CCNCC3)c2)C1. The van der Waals surface area contributed by atoms with Gasteiger partial charge in [-0.15, -0.1) is 0 Å². The van der Waals surface area contributed by atoms with Crippen molar-refractivity contribution in [2.75, 3.05) is 39.3 Å². The molecule has 0 spiro atoms. The lowest BCUT2D eigenvalue weighted by atomic mass is 9.94. The van der Waals surface area contributed by atoms with Crippen LogP contribution in [0.3, 0.4) is 0 Å². The predicted octanol–water partition coefficient (Wildman–Crippen LogP) is 1.40. The van der Waals surface area contributed by atoms with Gasteiger partial charge in [0, 0.05) is 44.8 Å². The molecule has 0 radical (unpaired) electrons. The molecule has 2 aliphatic rings. The standard InChI is InChI=1S/C18H27N3O3S/c1-14-10-15(2)13-21(12-14)25(23,24)17-5-3-4-16(11-17)18(22)20-8-6-19-7-9-20/h3-5,11,14-15,19H,6-10,12-13H2,1-2H3. The highest BCUT2D eigenvalue weighted by Crippen LogP contribution is 2.27. The average molecular weight is 365 g/mol. The van der Waals surface area contributed by atoms with Crippen LogP contribution < -0.4 is 5.32 Å². The number of amides is 1. The van der Waals surface area contributed by atoms with Gasteiger partial charge in [-0.3, -0.25) is 4.79 Å². The molecule has 0 saturated carbocycles. The molecule has 2 aliphatic heterocycles. The number of rotatable bonds is 3. The monoisotopic (exact) mass is 365 g/mol. The van der Waals surface area contributed by atoms with Gasteiger partial charge in [0.05, 0.1) is 4.90 Å². The minimum Gasteiger partial charge on any atom is -0.336 e. The number of nitrogens with one attached hydrogen (secondary N) is 1. The van der Waals surface area contributed by atoms with Crippen molar-refractivity contribution in [2.45, 2.75) is 25.2 Å². The van der Waals surface area contributed by atoms with E-state index in [2.05, 4.69) is 19.2 Å². The molecule has 0 aromatic heterocycles. The summed E-state index contributed by atoms with van der Waals surface area (Å²) in [5.41, 5.74) is 0.445. The highest BCUT2D eigenvalue weighted by molar-refractivity contribution is 7.89. The van der Waals surface area contributed by atoms with Gasteiger partial charge in [-0.05, 0) is 36.5 Å². The van der Waals surface area contributed by atoms with E-state index in [1.807, 2.05) is 0 Å². The number of carbonyl (C=O) groups is 1. The third-order valence-electron chi connectivity index (χ3n) is 4.96. The third-order valence-corrected chi connectivity index (χ3v) is 6.79. The molecular weight excluding hydrogens is 338 g/mol. The maximum Gasteiger partial charge on any atom is 0.253 e. The van der Waals surface area contributed by atoms with E-state index in [4.69, 9.17) is 0 Å². The summed E-state index contributed by atoms with van der Waals surface area (Å²) in [6.07, 6.45) is 1.05. The van der Waals surface area contributed by atoms with Crippen LogP contribution in [0, 0.1) is 11.8 Å². The molecule has 0 aliphatic carbocycles. The zero-order valence-electron chi connectivity index (χ0n) is 14.9. The quantitative estimate of drug-likeness (QED) is 0.879. The molecule has 2 unspecified atom stereocenters. The summed E-state index contributed by atoms with van der Waals surface area (Å²) < 4.78 is 27.6. The van der Waals surface area contributed by atoms with Crippen LogP contribution in [0.5, 0.6) is 0 Å². The molecule has 2 heterocycles. The Labute approximate surface area is 150 Å². The van der Waals surface area contributed by atoms with Crippen molar-refractivity contribution in [1.29, 1.82) is 0 Å². The molecule has 1 aromatic rings. The number of piperazine rings is 1. The fraction of sp³-hybridized carbons (Fsp3) is 0.611. The molecule has 25 heavy (non-hydrogen) atoms. The fourth-order valence-corrected chi connectivity index (χ4v) is 5.52. The summed E-state index contributed by atoms with van der Waals surface area (Å²) in [6.45, 7) is 8.10. The van der Waals surface area contributed by atoms with Gasteiger partial charge in [-0.1, -0.05) is 19.9 Å². The Morgan fingerprint density at radius 3 is 2.40 bits per heavy atom. The van der Waals surface area contributed by atoms with Crippen LogP contribution in [0.1, 0.15) is 30.6 Å². The summed E-state index contributed by atoms with van der Waals surface area (Å²) >= 11 is 0. The van der Waals surface area contributed by atoms with E-state index >= 15 is 0 Å². The Balaban J connectivity index is 1.83. The molecule has 1 aromatic carbocycles. The number of sulfonamides is 1. The minimum absolute atomic E-state index is 0.0982. The van der Waals surface area contributed by atoms with Crippen molar-refractivity contribution in [3.05, 3.63) is 29.8 Å². The van der Waals surface area contributed by atoms with Gasteiger partial charge < -0.3 is 10.2 Å². The molecule has 138 valence electrons. The van der Waals surface area contributed by atoms with Crippen molar-refractivity contribution in [1.82, 2.24) is 14.5 Å². The molecule has 2 fully saturated rings. The second-order valence-electron chi connectivity index (χ2n) is 7.34. The van der Waals surface area contributed by atoms with Crippen LogP contribution in [-0.4, -0.2) is 62.8 Å². The van der Waals surface area contributed by atoms with E-state index in [0.29, 0.717) is 43.6 Å². The van der Waals surface area contributed by atoms with Gasteiger partial charge in [0.25, 0.3) is 5.91 Å². The number of nitrogens with zero attached hydrogens (tertiary/aromatic N) is 2. The van der Waals surface area contributed by atoms with Gasteiger partial charge in [-0.2, -0.15) is 4.31 Å². The smallest absolute Gasteiger partial charge is 0.253 e. The third kappa shape index (κ3) is 4.04. The Morgan fingerprint density at radius 1 is 1.12 bits per heavy atom. The predicted molar refractivity (Wildman–Crippen MR) is 96.9 cm³/mol. The van der Waals surface area contributed by atoms with Gasteiger partial charge in [0.2, 0.25) is 10.0 Å². The van der Waals surface area contributed by atoms with Crippen molar-refractivity contribution < 1.29 is 13.2 Å². The first-order chi connectivity index (χ1) is 11.9. The summed E-state index contributed by atoms with van der Waals surface area (Å²) in [6, 6.07) is 6.49. The largest absolute Gasteiger partial charge is 0.336 e. The molecule has 1 N–H and O–H groups in total. The normalized spacial score (nSPS) is 25.8. The van der Waals surface area contributed by atoms with Crippen molar-refractivity contribution in [3.63, 3.8) is 0 Å². The van der Waals surface area contributed by atoms with Crippen molar-refractivity contribution >= 4 is 15.9 Å². The molecule has 0 bridgehead atoms. The zero-order chi connectivity index (χ0) is 18.0. The maximum atomic E-state index is 13.0. The van der Waals surface area contributed by atoms with Crippen LogP contribution in [-0.2, 0) is 10.0 Å². The first kappa shape index (κ1) is 18.4. The van der Waals surface area contributed by atoms with E-state index in [1.54, 1.807) is 27.4 Å². The van der Waals surface area contributed by atoms with Crippen molar-refractivity contribution in [2.24, 2.45) is 11.8 Å². The molecular formula is C18H27N3O3S. The maximum absolute atomic E-state index is 13.0. The number of piperidine rings is 1. The molecule has 2 atom stereocenters. The molecule has 7 heteroatoms. The Kier molecular flexibility index (Phi) is 5.46. The van der Waals surface area contributed by atoms with E-state index in [1.165, 1.54) is 6.07 Å². The Hall–Kier alpha value is -1.44. The van der Waals surface area contributed by atoms with Crippen LogP contribution in [0.4, 0.5) is 0 Å². The summed E-state index contributed by atoms with van der Waals surface area (Å²) in [7, 11) is -3.56. The summed E-state index contributed by atoms with van der Waals surface area (Å²) in [4.78, 5) is 14.6. The van der Waals surface area contributed by atoms with Crippen LogP contribution in [0.2, 0.25) is 0 Å². The van der Waals surface area contributed by atoms with E-state index in [-0.39, 0.29) is 10.8 Å². The Bertz CT molecular complexity index is 719. The van der Waals surface area contributed by atoms with Gasteiger partial charge in [0.1, 0.15) is 0 Å². The lowest BCUT2D eigenvalue weighted by Crippen LogP contribution is -2.46. The summed E-state index contributed by atoms with van der Waals surface area (Å²) in [5, 5.41) is 3.21. The number of benzene rings is 1. The molecule has 1 amide bonds. The minimum atomic E-state index is -3.56. The second kappa shape index (κ2) is 7.43. The number of hydrogen-bond acceptors (Lipinski definition) is 4. The van der Waals surface area contributed by atoms with E-state index < -0.39 is 10.0 Å². The van der Waals surface area contributed by atoms with Gasteiger partial charge in [0.15, 0.2) is 0 Å². The lowest BCUT2D eigenvalue weighted by molar-refractivity contribution is 0.0735. The van der Waals surface area contributed by atoms with E-state index in [9.17, 15) is 13.2 Å². The zero-order valence-corrected chi connectivity index (χ0v) is 15.8. The van der Waals surface area contributed by atoms with Crippen LogP contribution in [0.15, 0.2) is 29.2 Å². The molecule has 3 rings (SSSR count). The van der Waals surface area contributed by atoms with Crippen LogP contribution >= 0.6 is 0 Å². The first-order valence-electron chi connectivity index (χ1n) is 8.98. The van der Waals surface area contributed by atoms with Crippen LogP contribution in [0.25, 0.3) is 0 Å². The highest BCUT2D eigenvalue weighted by Gasteiger charge is 2.32. The molecule has 2 saturated heterocycles. The summed E-state index contributed by atoms with van der Waals surface area (Å²) in [5.74, 6) is 0.604. The lowest BCUT2D eigenvalue weighted by Gasteiger charge is -2.34. The number of carbonyl (C=O) groups excluding carboxylic acids is 1. The first-order valence-corrected chi connectivity index (χ1v) is 10.4.